The van der Waals surface area contributed by atoms with Crippen LogP contribution in [0.15, 0.2) is 77.5 Å². The summed E-state index contributed by atoms with van der Waals surface area (Å²) in [7, 11) is -0.950. The molecule has 0 spiro atoms. The van der Waals surface area contributed by atoms with E-state index in [2.05, 4.69) is 47.9 Å². The van der Waals surface area contributed by atoms with Gasteiger partial charge in [-0.05, 0) is 131 Å². The molecule has 5 heterocycles. The van der Waals surface area contributed by atoms with Gasteiger partial charge in [-0.3, -0.25) is 24.0 Å². The number of nitrogens with zero attached hydrogens (tertiary/aromatic N) is 2. The Morgan fingerprint density at radius 2 is 1.21 bits per heavy atom. The van der Waals surface area contributed by atoms with Crippen LogP contribution in [0.5, 0.6) is 0 Å². The van der Waals surface area contributed by atoms with Crippen LogP contribution in [0.3, 0.4) is 0 Å². The Balaban J connectivity index is 0.0000106. The summed E-state index contributed by atoms with van der Waals surface area (Å²) in [5.74, 6) is -0.172. The van der Waals surface area contributed by atoms with Crippen LogP contribution in [0.2, 0.25) is 0 Å². The minimum atomic E-state index is -3.83. The molecule has 6 atom stereocenters. The van der Waals surface area contributed by atoms with Crippen LogP contribution in [-0.4, -0.2) is 152 Å². The summed E-state index contributed by atoms with van der Waals surface area (Å²) in [5.41, 5.74) is 8.60. The van der Waals surface area contributed by atoms with Gasteiger partial charge in [0, 0.05) is 126 Å². The Hall–Kier alpha value is -6.38. The van der Waals surface area contributed by atoms with Crippen molar-refractivity contribution in [1.82, 2.24) is 51.4 Å². The predicted molar refractivity (Wildman–Crippen MR) is 339 cm³/mol. The van der Waals surface area contributed by atoms with E-state index in [1.807, 2.05) is 23.5 Å². The van der Waals surface area contributed by atoms with Gasteiger partial charge in [-0.15, -0.1) is 12.4 Å². The summed E-state index contributed by atoms with van der Waals surface area (Å²) in [4.78, 5) is 90.4. The number of sulfonamides is 1. The van der Waals surface area contributed by atoms with Gasteiger partial charge in [0.2, 0.25) is 21.8 Å². The standard InChI is InChI=1S/C60H81FN12O9S3.ClH/c1-37-53(38-15-14-16-44(32-38)85(81,82)72(2)3)45-33-39(21-22-48(45)73(37)34-42(61)23-24-62)58(78)67-43-30-40(56(76)65-27-12-4-10-25-63-51(74)19-8-6-17-49-54-46(35-83-49)68-59(79)70-54)29-41(31-43)57(77)66-28-13-5-11-26-64-52(75)20-9-7-18-50-55-47(36-84-50)69-60(80)71-55;/h14-16,21-23,29-33,46-47,49-50,54-55H,4-13,17-20,24-28,34-36,62H2,1-3H3,(H,63,74)(H,64,75)(H,65,76)(H,66,77)(H,67,78)(H2,68,70,79)(H2,69,71,80);1H/b42-23-;/t46-,47-,49-,50-,54-,55-;/m0./s1. The molecule has 26 heteroatoms. The number of benzene rings is 3. The molecule has 0 saturated carbocycles. The number of amides is 9. The molecule has 4 fully saturated rings. The SMILES string of the molecule is Cc1c(-c2cccc(S(=O)(=O)N(C)C)c2)c2cc(C(=O)Nc3cc(C(=O)NCCCCCNC(=O)CCCC[C@@H]4SC[C@@H]5NC(=O)N[C@@H]54)cc(C(=O)NCCCCCNC(=O)CCCC[C@@H]4SC[C@@H]5NC(=O)N[C@@H]54)c3)ccc2n1C/C(F)=C/CN.Cl. The minimum absolute atomic E-state index is 0. The molecule has 11 N–H and O–H groups in total. The molecular weight excluding hydrogens is 1180 g/mol. The number of hydrogen-bond donors (Lipinski definition) is 10. The van der Waals surface area contributed by atoms with Gasteiger partial charge in [0.15, 0.2) is 0 Å². The van der Waals surface area contributed by atoms with Gasteiger partial charge in [-0.1, -0.05) is 25.0 Å². The first kappa shape index (κ1) is 67.1. The summed E-state index contributed by atoms with van der Waals surface area (Å²) in [6.07, 6.45) is 11.5. The Morgan fingerprint density at radius 1 is 0.674 bits per heavy atom. The molecule has 0 radical (unpaired) electrons. The molecule has 4 aliphatic rings. The number of carbonyl (C=O) groups excluding carboxylic acids is 7. The second-order valence-electron chi connectivity index (χ2n) is 22.3. The Morgan fingerprint density at radius 3 is 1.73 bits per heavy atom. The average molecular weight is 1270 g/mol. The zero-order chi connectivity index (χ0) is 60.6. The van der Waals surface area contributed by atoms with Crippen molar-refractivity contribution < 1.29 is 46.4 Å². The number of fused-ring (bicyclic) bond motifs is 3. The minimum Gasteiger partial charge on any atom is -0.356 e. The van der Waals surface area contributed by atoms with E-state index in [0.29, 0.717) is 103 Å². The second-order valence-corrected chi connectivity index (χ2v) is 27.0. The van der Waals surface area contributed by atoms with E-state index in [1.54, 1.807) is 47.9 Å². The normalized spacial score (nSPS) is 19.6. The van der Waals surface area contributed by atoms with Crippen molar-refractivity contribution in [2.75, 3.05) is 63.6 Å². The van der Waals surface area contributed by atoms with E-state index >= 15 is 4.39 Å². The molecule has 4 aliphatic heterocycles. The summed E-state index contributed by atoms with van der Waals surface area (Å²) in [6.45, 7) is 3.27. The predicted octanol–water partition coefficient (Wildman–Crippen LogP) is 6.84. The number of hydrogen-bond acceptors (Lipinski definition) is 12. The van der Waals surface area contributed by atoms with E-state index in [0.717, 1.165) is 67.2 Å². The number of thioether (sulfide) groups is 2. The van der Waals surface area contributed by atoms with Crippen molar-refractivity contribution in [3.63, 3.8) is 0 Å². The number of nitrogens with one attached hydrogen (secondary N) is 9. The van der Waals surface area contributed by atoms with Crippen molar-refractivity contribution >= 4 is 104 Å². The lowest BCUT2D eigenvalue weighted by Gasteiger charge is -2.16. The fourth-order valence-corrected chi connectivity index (χ4v) is 15.4. The summed E-state index contributed by atoms with van der Waals surface area (Å²) in [5, 5.41) is 27.9. The van der Waals surface area contributed by atoms with Gasteiger partial charge in [-0.25, -0.2) is 26.7 Å². The highest BCUT2D eigenvalue weighted by Crippen LogP contribution is 2.38. The molecule has 4 saturated heterocycles. The highest BCUT2D eigenvalue weighted by molar-refractivity contribution is 8.00. The first-order chi connectivity index (χ1) is 40.9. The molecule has 0 unspecified atom stereocenters. The maximum atomic E-state index is 15.2. The van der Waals surface area contributed by atoms with E-state index in [1.165, 1.54) is 44.4 Å². The lowest BCUT2D eigenvalue weighted by Crippen LogP contribution is -2.36. The summed E-state index contributed by atoms with van der Waals surface area (Å²) in [6, 6.07) is 16.2. The Labute approximate surface area is 517 Å². The monoisotopic (exact) mass is 1260 g/mol. The van der Waals surface area contributed by atoms with Crippen molar-refractivity contribution in [2.24, 2.45) is 5.73 Å². The Kier molecular flexibility index (Phi) is 25.0. The summed E-state index contributed by atoms with van der Waals surface area (Å²) >= 11 is 3.72. The lowest BCUT2D eigenvalue weighted by molar-refractivity contribution is -0.122. The van der Waals surface area contributed by atoms with Crippen LogP contribution in [0.25, 0.3) is 22.0 Å². The van der Waals surface area contributed by atoms with Crippen LogP contribution in [-0.2, 0) is 26.2 Å². The van der Waals surface area contributed by atoms with Crippen LogP contribution in [0, 0.1) is 6.92 Å². The smallest absolute Gasteiger partial charge is 0.315 e. The average Bonchev–Trinajstić information content (AvgIpc) is 3.71. The fourth-order valence-electron chi connectivity index (χ4n) is 11.4. The zero-order valence-corrected chi connectivity index (χ0v) is 52.3. The quantitative estimate of drug-likeness (QED) is 0.0178. The van der Waals surface area contributed by atoms with Gasteiger partial charge in [0.1, 0.15) is 5.83 Å². The highest BCUT2D eigenvalue weighted by atomic mass is 35.5. The molecule has 1 aromatic heterocycles. The molecule has 3 aromatic carbocycles. The van der Waals surface area contributed by atoms with E-state index < -0.39 is 33.6 Å². The number of urea groups is 2. The fraction of sp³-hybridized carbons (Fsp3) is 0.517. The third kappa shape index (κ3) is 17.9. The van der Waals surface area contributed by atoms with E-state index in [4.69, 9.17) is 5.73 Å². The molecule has 8 rings (SSSR count). The van der Waals surface area contributed by atoms with Crippen LogP contribution in [0.4, 0.5) is 19.7 Å². The first-order valence-electron chi connectivity index (χ1n) is 29.5. The van der Waals surface area contributed by atoms with Gasteiger partial charge in [0.05, 0.1) is 35.6 Å². The number of aromatic nitrogens is 1. The van der Waals surface area contributed by atoms with Crippen LogP contribution >= 0.6 is 35.9 Å². The molecular formula is C60H82ClFN12O9S3. The number of carbonyl (C=O) groups is 7. The van der Waals surface area contributed by atoms with Gasteiger partial charge in [0.25, 0.3) is 17.7 Å². The maximum Gasteiger partial charge on any atom is 0.315 e. The number of rotatable bonds is 32. The van der Waals surface area contributed by atoms with Crippen molar-refractivity contribution in [3.8, 4) is 11.1 Å². The van der Waals surface area contributed by atoms with Gasteiger partial charge >= 0.3 is 12.1 Å². The number of nitrogens with two attached hydrogens (primary N) is 1. The molecule has 21 nitrogen and oxygen atoms in total. The van der Waals surface area contributed by atoms with E-state index in [-0.39, 0.29) is 101 Å². The van der Waals surface area contributed by atoms with Crippen LogP contribution in [0.1, 0.15) is 127 Å². The largest absolute Gasteiger partial charge is 0.356 e. The molecule has 0 bridgehead atoms. The zero-order valence-electron chi connectivity index (χ0n) is 49.0. The highest BCUT2D eigenvalue weighted by Gasteiger charge is 2.43. The second kappa shape index (κ2) is 32.0. The molecule has 9 amide bonds. The number of allylic oxidation sites excluding steroid dienone is 1. The van der Waals surface area contributed by atoms with Crippen molar-refractivity contribution in [3.05, 3.63) is 95.0 Å². The lowest BCUT2D eigenvalue weighted by atomic mass is 10.0. The van der Waals surface area contributed by atoms with Gasteiger partial charge < -0.3 is 58.2 Å². The van der Waals surface area contributed by atoms with Crippen molar-refractivity contribution in [2.45, 2.75) is 143 Å². The number of anilines is 1. The van der Waals surface area contributed by atoms with Crippen LogP contribution < -0.4 is 53.6 Å². The molecule has 86 heavy (non-hydrogen) atoms. The molecule has 468 valence electrons. The first-order valence-corrected chi connectivity index (χ1v) is 33.1. The summed E-state index contributed by atoms with van der Waals surface area (Å²) < 4.78 is 44.5. The van der Waals surface area contributed by atoms with Gasteiger partial charge in [-0.2, -0.15) is 23.5 Å². The Bertz CT molecular complexity index is 3130. The topological polar surface area (TPSA) is 296 Å². The molecule has 4 aromatic rings. The molecule has 0 aliphatic carbocycles. The third-order valence-corrected chi connectivity index (χ3v) is 20.8. The van der Waals surface area contributed by atoms with E-state index in [9.17, 15) is 42.0 Å². The number of halogens is 2. The maximum absolute atomic E-state index is 15.2. The third-order valence-electron chi connectivity index (χ3n) is 15.9. The number of unbranched alkanes of at least 4 members (excludes halogenated alkanes) is 6. The van der Waals surface area contributed by atoms with Crippen molar-refractivity contribution in [1.29, 1.82) is 0 Å².